The van der Waals surface area contributed by atoms with Crippen molar-refractivity contribution in [3.8, 4) is 5.88 Å². The van der Waals surface area contributed by atoms with E-state index in [1.807, 2.05) is 0 Å². The fourth-order valence-corrected chi connectivity index (χ4v) is 0.977. The second kappa shape index (κ2) is 4.20. The summed E-state index contributed by atoms with van der Waals surface area (Å²) in [5.41, 5.74) is 6.33. The molecule has 1 rings (SSSR count). The molecule has 0 aliphatic rings. The van der Waals surface area contributed by atoms with Crippen molar-refractivity contribution >= 4 is 0 Å². The van der Waals surface area contributed by atoms with Crippen LogP contribution in [-0.2, 0) is 0 Å². The number of pyridine rings is 1. The minimum absolute atomic E-state index is 0.463. The maximum Gasteiger partial charge on any atom is 0.213 e. The first-order valence-corrected chi connectivity index (χ1v) is 4.09. The Bertz CT molecular complexity index is 276. The number of ether oxygens (including phenoxy) is 1. The molecule has 4 nitrogen and oxygen atoms in total. The van der Waals surface area contributed by atoms with Crippen molar-refractivity contribution in [3.63, 3.8) is 0 Å². The van der Waals surface area contributed by atoms with E-state index in [0.29, 0.717) is 11.6 Å². The van der Waals surface area contributed by atoms with Crippen LogP contribution in [0.25, 0.3) is 0 Å². The van der Waals surface area contributed by atoms with Crippen molar-refractivity contribution in [1.82, 2.24) is 4.98 Å². The molecule has 0 unspecified atom stereocenters. The topological polar surface area (TPSA) is 68.4 Å². The van der Waals surface area contributed by atoms with Gasteiger partial charge >= 0.3 is 0 Å². The molecule has 0 aliphatic carbocycles. The number of aromatic nitrogens is 1. The van der Waals surface area contributed by atoms with Crippen LogP contribution >= 0.6 is 0 Å². The third kappa shape index (κ3) is 2.40. The Labute approximate surface area is 77.4 Å². The van der Waals surface area contributed by atoms with Crippen molar-refractivity contribution in [2.24, 2.45) is 5.73 Å². The van der Waals surface area contributed by atoms with Gasteiger partial charge in [0.15, 0.2) is 0 Å². The summed E-state index contributed by atoms with van der Waals surface area (Å²) in [7, 11) is 1.54. The largest absolute Gasteiger partial charge is 0.481 e. The Kier molecular flexibility index (Phi) is 3.22. The van der Waals surface area contributed by atoms with Crippen molar-refractivity contribution < 1.29 is 9.84 Å². The summed E-state index contributed by atoms with van der Waals surface area (Å²) in [5.74, 6) is 0.508. The summed E-state index contributed by atoms with van der Waals surface area (Å²) in [4.78, 5) is 4.11. The number of aliphatic hydroxyl groups excluding tert-OH is 1. The zero-order valence-electron chi connectivity index (χ0n) is 7.77. The smallest absolute Gasteiger partial charge is 0.213 e. The molecule has 3 N–H and O–H groups in total. The Morgan fingerprint density at radius 1 is 1.54 bits per heavy atom. The third-order valence-electron chi connectivity index (χ3n) is 1.82. The van der Waals surface area contributed by atoms with Gasteiger partial charge in [0, 0.05) is 6.07 Å². The van der Waals surface area contributed by atoms with E-state index in [1.54, 1.807) is 32.2 Å². The Hall–Kier alpha value is -1.13. The van der Waals surface area contributed by atoms with E-state index in [2.05, 4.69) is 4.98 Å². The van der Waals surface area contributed by atoms with E-state index in [4.69, 9.17) is 10.5 Å². The maximum absolute atomic E-state index is 9.23. The van der Waals surface area contributed by atoms with Gasteiger partial charge in [0.05, 0.1) is 24.9 Å². The lowest BCUT2D eigenvalue weighted by Crippen LogP contribution is -2.24. The van der Waals surface area contributed by atoms with Crippen molar-refractivity contribution in [1.29, 1.82) is 0 Å². The summed E-state index contributed by atoms with van der Waals surface area (Å²) in [5, 5.41) is 9.23. The lowest BCUT2D eigenvalue weighted by atomic mass is 10.1. The van der Waals surface area contributed by atoms with E-state index in [9.17, 15) is 5.11 Å². The van der Waals surface area contributed by atoms with Gasteiger partial charge in [-0.3, -0.25) is 0 Å². The quantitative estimate of drug-likeness (QED) is 0.713. The van der Waals surface area contributed by atoms with Gasteiger partial charge in [0.1, 0.15) is 0 Å². The standard InChI is InChI=1S/C9H14N2O2/c1-6(12)9(10)7-4-3-5-8(11-7)13-2/h3-6,9,12H,10H2,1-2H3/t6-,9-/m1/s1. The molecule has 0 spiro atoms. The van der Waals surface area contributed by atoms with Gasteiger partial charge in [-0.1, -0.05) is 6.07 Å². The highest BCUT2D eigenvalue weighted by Gasteiger charge is 2.13. The highest BCUT2D eigenvalue weighted by Crippen LogP contribution is 2.14. The van der Waals surface area contributed by atoms with Gasteiger partial charge in [-0.2, -0.15) is 0 Å². The first-order valence-electron chi connectivity index (χ1n) is 4.09. The number of methoxy groups -OCH3 is 1. The molecule has 72 valence electrons. The summed E-state index contributed by atoms with van der Waals surface area (Å²) < 4.78 is 4.94. The first-order chi connectivity index (χ1) is 6.15. The monoisotopic (exact) mass is 182 g/mol. The normalized spacial score (nSPS) is 15.1. The molecule has 0 amide bonds. The van der Waals surface area contributed by atoms with Crippen LogP contribution in [0.15, 0.2) is 18.2 Å². The van der Waals surface area contributed by atoms with Gasteiger partial charge in [-0.25, -0.2) is 4.98 Å². The predicted molar refractivity (Wildman–Crippen MR) is 49.4 cm³/mol. The van der Waals surface area contributed by atoms with Crippen molar-refractivity contribution in [2.75, 3.05) is 7.11 Å². The fraction of sp³-hybridized carbons (Fsp3) is 0.444. The van der Waals surface area contributed by atoms with E-state index < -0.39 is 12.1 Å². The van der Waals surface area contributed by atoms with Crippen LogP contribution in [0.3, 0.4) is 0 Å². The highest BCUT2D eigenvalue weighted by atomic mass is 16.5. The molecular weight excluding hydrogens is 168 g/mol. The molecule has 0 saturated carbocycles. The molecule has 1 heterocycles. The highest BCUT2D eigenvalue weighted by molar-refractivity contribution is 5.18. The van der Waals surface area contributed by atoms with E-state index >= 15 is 0 Å². The minimum atomic E-state index is -0.611. The number of nitrogens with two attached hydrogens (primary N) is 1. The van der Waals surface area contributed by atoms with E-state index in [-0.39, 0.29) is 0 Å². The number of nitrogens with zero attached hydrogens (tertiary/aromatic N) is 1. The van der Waals surface area contributed by atoms with Crippen LogP contribution < -0.4 is 10.5 Å². The Balaban J connectivity index is 2.88. The van der Waals surface area contributed by atoms with Crippen LogP contribution in [0.5, 0.6) is 5.88 Å². The number of hydrogen-bond acceptors (Lipinski definition) is 4. The second-order valence-electron chi connectivity index (χ2n) is 2.87. The van der Waals surface area contributed by atoms with Crippen LogP contribution in [-0.4, -0.2) is 23.3 Å². The minimum Gasteiger partial charge on any atom is -0.481 e. The molecule has 13 heavy (non-hydrogen) atoms. The predicted octanol–water partition coefficient (Wildman–Crippen LogP) is 0.471. The molecule has 1 aromatic heterocycles. The van der Waals surface area contributed by atoms with Gasteiger partial charge in [-0.05, 0) is 13.0 Å². The molecular formula is C9H14N2O2. The van der Waals surface area contributed by atoms with E-state index in [1.165, 1.54) is 0 Å². The van der Waals surface area contributed by atoms with Gasteiger partial charge in [-0.15, -0.1) is 0 Å². The van der Waals surface area contributed by atoms with Crippen molar-refractivity contribution in [2.45, 2.75) is 19.1 Å². The lowest BCUT2D eigenvalue weighted by molar-refractivity contribution is 0.162. The molecule has 2 atom stereocenters. The van der Waals surface area contributed by atoms with Gasteiger partial charge < -0.3 is 15.6 Å². The SMILES string of the molecule is COc1cccc([C@H](N)[C@@H](C)O)n1. The number of aliphatic hydroxyl groups is 1. The molecule has 0 aromatic carbocycles. The van der Waals surface area contributed by atoms with Crippen molar-refractivity contribution in [3.05, 3.63) is 23.9 Å². The first kappa shape index (κ1) is 9.95. The summed E-state index contributed by atoms with van der Waals surface area (Å²) in [6, 6.07) is 4.83. The van der Waals surface area contributed by atoms with Crippen LogP contribution in [0.2, 0.25) is 0 Å². The third-order valence-corrected chi connectivity index (χ3v) is 1.82. The van der Waals surface area contributed by atoms with Crippen LogP contribution in [0.4, 0.5) is 0 Å². The number of hydrogen-bond donors (Lipinski definition) is 2. The molecule has 0 fully saturated rings. The molecule has 0 aliphatic heterocycles. The van der Waals surface area contributed by atoms with Gasteiger partial charge in [0.2, 0.25) is 5.88 Å². The molecule has 0 saturated heterocycles. The lowest BCUT2D eigenvalue weighted by Gasteiger charge is -2.14. The summed E-state index contributed by atoms with van der Waals surface area (Å²) in [6.45, 7) is 1.63. The molecule has 0 bridgehead atoms. The van der Waals surface area contributed by atoms with Crippen LogP contribution in [0, 0.1) is 0 Å². The fourth-order valence-electron chi connectivity index (χ4n) is 0.977. The van der Waals surface area contributed by atoms with E-state index in [0.717, 1.165) is 0 Å². The average molecular weight is 182 g/mol. The molecule has 1 aromatic rings. The van der Waals surface area contributed by atoms with Gasteiger partial charge in [0.25, 0.3) is 0 Å². The second-order valence-corrected chi connectivity index (χ2v) is 2.87. The zero-order chi connectivity index (χ0) is 9.84. The number of rotatable bonds is 3. The average Bonchev–Trinajstić information content (AvgIpc) is 2.16. The Morgan fingerprint density at radius 3 is 2.77 bits per heavy atom. The zero-order valence-corrected chi connectivity index (χ0v) is 7.77. The Morgan fingerprint density at radius 2 is 2.23 bits per heavy atom. The summed E-state index contributed by atoms with van der Waals surface area (Å²) in [6.07, 6.45) is -0.611. The molecule has 0 radical (unpaired) electrons. The maximum atomic E-state index is 9.23. The summed E-state index contributed by atoms with van der Waals surface area (Å²) >= 11 is 0. The van der Waals surface area contributed by atoms with Crippen LogP contribution in [0.1, 0.15) is 18.7 Å². The molecule has 4 heteroatoms.